The molecule has 0 bridgehead atoms. The lowest BCUT2D eigenvalue weighted by molar-refractivity contribution is -0.132. The molecule has 2 aromatic rings. The van der Waals surface area contributed by atoms with Gasteiger partial charge in [-0.15, -0.1) is 0 Å². The molecular formula is C25H31FN2O2. The molecule has 4 nitrogen and oxygen atoms in total. The van der Waals surface area contributed by atoms with Crippen molar-refractivity contribution in [2.24, 2.45) is 0 Å². The van der Waals surface area contributed by atoms with Gasteiger partial charge < -0.3 is 9.80 Å². The molecule has 0 aromatic heterocycles. The summed E-state index contributed by atoms with van der Waals surface area (Å²) in [7, 11) is 0. The maximum atomic E-state index is 13.0. The molecule has 0 radical (unpaired) electrons. The highest BCUT2D eigenvalue weighted by Crippen LogP contribution is 2.20. The van der Waals surface area contributed by atoms with E-state index in [1.54, 1.807) is 19.1 Å². The summed E-state index contributed by atoms with van der Waals surface area (Å²) >= 11 is 0. The van der Waals surface area contributed by atoms with Gasteiger partial charge in [-0.25, -0.2) is 4.39 Å². The summed E-state index contributed by atoms with van der Waals surface area (Å²) < 4.78 is 13.0. The Morgan fingerprint density at radius 3 is 2.27 bits per heavy atom. The SMILES string of the molecule is CC(=O)N(Cc1ccc(C)cc1)C1CCN(CCCC(=O)c2ccc(F)cc2)CC1. The summed E-state index contributed by atoms with van der Waals surface area (Å²) in [5, 5.41) is 0. The predicted molar refractivity (Wildman–Crippen MR) is 117 cm³/mol. The number of amides is 1. The van der Waals surface area contributed by atoms with E-state index in [4.69, 9.17) is 0 Å². The number of carbonyl (C=O) groups excluding carboxylic acids is 2. The number of aryl methyl sites for hydroxylation is 1. The maximum absolute atomic E-state index is 13.0. The standard InChI is InChI=1S/C25H31FN2O2/c1-19-5-7-21(8-6-19)18-28(20(2)29)24-13-16-27(17-14-24)15-3-4-25(30)22-9-11-23(26)12-10-22/h5-12,24H,3-4,13-18H2,1-2H3. The van der Waals surface area contributed by atoms with E-state index in [-0.39, 0.29) is 23.5 Å². The summed E-state index contributed by atoms with van der Waals surface area (Å²) in [4.78, 5) is 28.8. The minimum Gasteiger partial charge on any atom is -0.336 e. The molecule has 1 aliphatic rings. The van der Waals surface area contributed by atoms with Crippen LogP contribution < -0.4 is 0 Å². The van der Waals surface area contributed by atoms with Crippen LogP contribution in [0.5, 0.6) is 0 Å². The van der Waals surface area contributed by atoms with E-state index in [0.717, 1.165) is 44.5 Å². The van der Waals surface area contributed by atoms with E-state index in [9.17, 15) is 14.0 Å². The van der Waals surface area contributed by atoms with Gasteiger partial charge >= 0.3 is 0 Å². The number of halogens is 1. The zero-order valence-electron chi connectivity index (χ0n) is 17.9. The number of carbonyl (C=O) groups is 2. The number of benzene rings is 2. The fraction of sp³-hybridized carbons (Fsp3) is 0.440. The first-order valence-electron chi connectivity index (χ1n) is 10.8. The molecule has 0 aliphatic carbocycles. The number of ketones is 1. The number of hydrogen-bond donors (Lipinski definition) is 0. The quantitative estimate of drug-likeness (QED) is 0.597. The summed E-state index contributed by atoms with van der Waals surface area (Å²) in [6, 6.07) is 14.4. The molecule has 2 aromatic carbocycles. The molecule has 0 saturated carbocycles. The molecule has 160 valence electrons. The third-order valence-corrected chi connectivity index (χ3v) is 5.92. The van der Waals surface area contributed by atoms with Crippen molar-refractivity contribution in [3.8, 4) is 0 Å². The Balaban J connectivity index is 1.43. The van der Waals surface area contributed by atoms with Gasteiger partial charge in [-0.05, 0) is 62.6 Å². The van der Waals surface area contributed by atoms with Crippen molar-refractivity contribution in [3.05, 3.63) is 71.0 Å². The Labute approximate surface area is 178 Å². The van der Waals surface area contributed by atoms with Crippen LogP contribution in [0.3, 0.4) is 0 Å². The summed E-state index contributed by atoms with van der Waals surface area (Å²) in [6.07, 6.45) is 3.17. The number of rotatable bonds is 8. The molecule has 1 amide bonds. The van der Waals surface area contributed by atoms with E-state index in [1.807, 2.05) is 4.90 Å². The van der Waals surface area contributed by atoms with Crippen LogP contribution in [-0.2, 0) is 11.3 Å². The van der Waals surface area contributed by atoms with Crippen molar-refractivity contribution in [1.82, 2.24) is 9.80 Å². The van der Waals surface area contributed by atoms with Crippen LogP contribution in [0, 0.1) is 12.7 Å². The van der Waals surface area contributed by atoms with Gasteiger partial charge in [-0.3, -0.25) is 9.59 Å². The van der Waals surface area contributed by atoms with Gasteiger partial charge in [0.1, 0.15) is 5.82 Å². The van der Waals surface area contributed by atoms with Gasteiger partial charge in [0.25, 0.3) is 0 Å². The summed E-state index contributed by atoms with van der Waals surface area (Å²) in [6.45, 7) is 7.13. The maximum Gasteiger partial charge on any atom is 0.219 e. The minimum absolute atomic E-state index is 0.0609. The first-order chi connectivity index (χ1) is 14.4. The smallest absolute Gasteiger partial charge is 0.219 e. The van der Waals surface area contributed by atoms with Gasteiger partial charge in [-0.1, -0.05) is 29.8 Å². The average molecular weight is 411 g/mol. The van der Waals surface area contributed by atoms with Gasteiger partial charge in [0.05, 0.1) is 0 Å². The lowest BCUT2D eigenvalue weighted by atomic mass is 10.0. The lowest BCUT2D eigenvalue weighted by Crippen LogP contribution is -2.46. The average Bonchev–Trinajstić information content (AvgIpc) is 2.74. The molecule has 0 unspecified atom stereocenters. The third kappa shape index (κ3) is 6.23. The molecule has 1 fully saturated rings. The summed E-state index contributed by atoms with van der Waals surface area (Å²) in [5.41, 5.74) is 2.96. The van der Waals surface area contributed by atoms with E-state index in [1.165, 1.54) is 17.7 Å². The molecule has 0 atom stereocenters. The number of Topliss-reactive ketones (excluding diaryl/α,β-unsaturated/α-hetero) is 1. The summed E-state index contributed by atoms with van der Waals surface area (Å²) in [5.74, 6) is -0.138. The Bertz CT molecular complexity index is 840. The second kappa shape index (κ2) is 10.5. The van der Waals surface area contributed by atoms with Crippen molar-refractivity contribution < 1.29 is 14.0 Å². The first kappa shape index (κ1) is 22.2. The molecule has 30 heavy (non-hydrogen) atoms. The van der Waals surface area contributed by atoms with Crippen molar-refractivity contribution in [2.45, 2.75) is 52.1 Å². The Morgan fingerprint density at radius 1 is 1.03 bits per heavy atom. The zero-order valence-corrected chi connectivity index (χ0v) is 17.9. The second-order valence-corrected chi connectivity index (χ2v) is 8.24. The highest BCUT2D eigenvalue weighted by molar-refractivity contribution is 5.95. The van der Waals surface area contributed by atoms with Crippen LogP contribution in [0.2, 0.25) is 0 Å². The van der Waals surface area contributed by atoms with E-state index >= 15 is 0 Å². The molecule has 0 spiro atoms. The normalized spacial score (nSPS) is 15.2. The van der Waals surface area contributed by atoms with Crippen LogP contribution in [0.15, 0.2) is 48.5 Å². The van der Waals surface area contributed by atoms with Gasteiger partial charge in [0.15, 0.2) is 5.78 Å². The van der Waals surface area contributed by atoms with E-state index in [0.29, 0.717) is 18.5 Å². The second-order valence-electron chi connectivity index (χ2n) is 8.24. The minimum atomic E-state index is -0.323. The highest BCUT2D eigenvalue weighted by Gasteiger charge is 2.26. The van der Waals surface area contributed by atoms with Crippen molar-refractivity contribution in [3.63, 3.8) is 0 Å². The largest absolute Gasteiger partial charge is 0.336 e. The molecule has 5 heteroatoms. The number of likely N-dealkylation sites (tertiary alicyclic amines) is 1. The molecule has 1 aliphatic heterocycles. The third-order valence-electron chi connectivity index (χ3n) is 5.92. The molecule has 0 N–H and O–H groups in total. The van der Waals surface area contributed by atoms with Gasteiger partial charge in [0.2, 0.25) is 5.91 Å². The lowest BCUT2D eigenvalue weighted by Gasteiger charge is -2.38. The van der Waals surface area contributed by atoms with Crippen LogP contribution in [0.25, 0.3) is 0 Å². The fourth-order valence-electron chi connectivity index (χ4n) is 4.09. The molecule has 3 rings (SSSR count). The van der Waals surface area contributed by atoms with Crippen molar-refractivity contribution in [2.75, 3.05) is 19.6 Å². The zero-order chi connectivity index (χ0) is 21.5. The van der Waals surface area contributed by atoms with Crippen molar-refractivity contribution in [1.29, 1.82) is 0 Å². The molecule has 1 saturated heterocycles. The monoisotopic (exact) mass is 410 g/mol. The van der Waals surface area contributed by atoms with Crippen molar-refractivity contribution >= 4 is 11.7 Å². The van der Waals surface area contributed by atoms with E-state index < -0.39 is 0 Å². The molecular weight excluding hydrogens is 379 g/mol. The van der Waals surface area contributed by atoms with E-state index in [2.05, 4.69) is 36.1 Å². The Hall–Kier alpha value is -2.53. The Kier molecular flexibility index (Phi) is 7.75. The van der Waals surface area contributed by atoms with Gasteiger partial charge in [-0.2, -0.15) is 0 Å². The number of hydrogen-bond acceptors (Lipinski definition) is 3. The van der Waals surface area contributed by atoms with Crippen LogP contribution in [0.4, 0.5) is 4.39 Å². The van der Waals surface area contributed by atoms with Crippen LogP contribution >= 0.6 is 0 Å². The fourth-order valence-corrected chi connectivity index (χ4v) is 4.09. The number of piperidine rings is 1. The first-order valence-corrected chi connectivity index (χ1v) is 10.8. The topological polar surface area (TPSA) is 40.6 Å². The Morgan fingerprint density at radius 2 is 1.67 bits per heavy atom. The highest BCUT2D eigenvalue weighted by atomic mass is 19.1. The van der Waals surface area contributed by atoms with Gasteiger partial charge in [0, 0.05) is 44.6 Å². The van der Waals surface area contributed by atoms with Crippen LogP contribution in [-0.4, -0.2) is 47.2 Å². The predicted octanol–water partition coefficient (Wildman–Crippen LogP) is 4.61. The number of nitrogens with zero attached hydrogens (tertiary/aromatic N) is 2. The molecule has 1 heterocycles. The van der Waals surface area contributed by atoms with Crippen LogP contribution in [0.1, 0.15) is 54.1 Å².